The highest BCUT2D eigenvalue weighted by molar-refractivity contribution is 6.20. The predicted molar refractivity (Wildman–Crippen MR) is 66.9 cm³/mol. The van der Waals surface area contributed by atoms with Gasteiger partial charge in [-0.25, -0.2) is 0 Å². The van der Waals surface area contributed by atoms with Crippen molar-refractivity contribution in [3.8, 4) is 11.5 Å². The number of aromatic hydroxyl groups is 1. The van der Waals surface area contributed by atoms with Gasteiger partial charge in [-0.2, -0.15) is 0 Å². The van der Waals surface area contributed by atoms with Gasteiger partial charge in [0.15, 0.2) is 11.5 Å². The standard InChI is InChI=1S/C12H16ClNO3/c1-8(13)5-6-14-12(16)9-3-4-11(17-2)10(15)7-9/h3-4,7-8,15H,5-6H2,1-2H3,(H,14,16). The zero-order valence-electron chi connectivity index (χ0n) is 9.87. The van der Waals surface area contributed by atoms with Crippen LogP contribution in [0.1, 0.15) is 23.7 Å². The molecule has 0 spiro atoms. The van der Waals surface area contributed by atoms with E-state index in [0.29, 0.717) is 24.3 Å². The molecule has 0 aliphatic heterocycles. The normalized spacial score (nSPS) is 11.9. The highest BCUT2D eigenvalue weighted by Gasteiger charge is 2.09. The molecule has 1 atom stereocenters. The molecule has 1 aromatic rings. The molecule has 2 N–H and O–H groups in total. The Labute approximate surface area is 106 Å². The van der Waals surface area contributed by atoms with Gasteiger partial charge in [-0.05, 0) is 31.5 Å². The summed E-state index contributed by atoms with van der Waals surface area (Å²) in [6.45, 7) is 2.38. The summed E-state index contributed by atoms with van der Waals surface area (Å²) in [6.07, 6.45) is 0.704. The number of alkyl halides is 1. The van der Waals surface area contributed by atoms with Gasteiger partial charge in [0, 0.05) is 17.5 Å². The maximum atomic E-state index is 11.7. The number of carbonyl (C=O) groups excluding carboxylic acids is 1. The first-order valence-electron chi connectivity index (χ1n) is 5.34. The Bertz CT molecular complexity index is 393. The number of hydrogen-bond donors (Lipinski definition) is 2. The molecule has 0 saturated heterocycles. The molecule has 0 bridgehead atoms. The third-order valence-corrected chi connectivity index (χ3v) is 2.49. The fraction of sp³-hybridized carbons (Fsp3) is 0.417. The number of halogens is 1. The van der Waals surface area contributed by atoms with E-state index < -0.39 is 0 Å². The fourth-order valence-corrected chi connectivity index (χ4v) is 1.43. The minimum Gasteiger partial charge on any atom is -0.504 e. The molecule has 0 aliphatic carbocycles. The Morgan fingerprint density at radius 2 is 2.29 bits per heavy atom. The molecule has 1 unspecified atom stereocenters. The minimum atomic E-state index is -0.236. The van der Waals surface area contributed by atoms with Crippen molar-refractivity contribution >= 4 is 17.5 Å². The van der Waals surface area contributed by atoms with Gasteiger partial charge in [0.1, 0.15) is 0 Å². The first-order chi connectivity index (χ1) is 8.04. The molecule has 1 rings (SSSR count). The Morgan fingerprint density at radius 3 is 2.82 bits per heavy atom. The lowest BCUT2D eigenvalue weighted by Crippen LogP contribution is -2.25. The number of amides is 1. The molecule has 1 aromatic carbocycles. The topological polar surface area (TPSA) is 58.6 Å². The Hall–Kier alpha value is -1.42. The first-order valence-corrected chi connectivity index (χ1v) is 5.77. The number of phenolic OH excluding ortho intramolecular Hbond substituents is 1. The summed E-state index contributed by atoms with van der Waals surface area (Å²) in [5, 5.41) is 12.3. The average Bonchev–Trinajstić information content (AvgIpc) is 2.28. The van der Waals surface area contributed by atoms with Crippen LogP contribution in [0.15, 0.2) is 18.2 Å². The lowest BCUT2D eigenvalue weighted by atomic mass is 10.2. The lowest BCUT2D eigenvalue weighted by Gasteiger charge is -2.08. The predicted octanol–water partition coefficient (Wildman–Crippen LogP) is 2.15. The van der Waals surface area contributed by atoms with Crippen molar-refractivity contribution in [3.63, 3.8) is 0 Å². The molecule has 17 heavy (non-hydrogen) atoms. The smallest absolute Gasteiger partial charge is 0.251 e. The number of ether oxygens (including phenoxy) is 1. The zero-order valence-corrected chi connectivity index (χ0v) is 10.6. The minimum absolute atomic E-state index is 0.0274. The van der Waals surface area contributed by atoms with E-state index in [4.69, 9.17) is 16.3 Å². The Balaban J connectivity index is 2.60. The van der Waals surface area contributed by atoms with Crippen molar-refractivity contribution in [2.75, 3.05) is 13.7 Å². The molecular formula is C12H16ClNO3. The summed E-state index contributed by atoms with van der Waals surface area (Å²) in [4.78, 5) is 11.7. The van der Waals surface area contributed by atoms with Crippen LogP contribution >= 0.6 is 11.6 Å². The van der Waals surface area contributed by atoms with E-state index in [9.17, 15) is 9.90 Å². The van der Waals surface area contributed by atoms with Crippen LogP contribution in [0.25, 0.3) is 0 Å². The van der Waals surface area contributed by atoms with Crippen LogP contribution in [-0.4, -0.2) is 30.0 Å². The third kappa shape index (κ3) is 4.15. The van der Waals surface area contributed by atoms with Crippen molar-refractivity contribution in [2.45, 2.75) is 18.7 Å². The fourth-order valence-electron chi connectivity index (χ4n) is 1.32. The van der Waals surface area contributed by atoms with E-state index in [1.165, 1.54) is 13.2 Å². The second-order valence-corrected chi connectivity index (χ2v) is 4.46. The number of nitrogens with one attached hydrogen (secondary N) is 1. The van der Waals surface area contributed by atoms with Crippen molar-refractivity contribution in [2.24, 2.45) is 0 Å². The number of methoxy groups -OCH3 is 1. The van der Waals surface area contributed by atoms with Crippen LogP contribution in [0.2, 0.25) is 0 Å². The van der Waals surface area contributed by atoms with Crippen molar-refractivity contribution < 1.29 is 14.6 Å². The average molecular weight is 258 g/mol. The first kappa shape index (κ1) is 13.6. The Morgan fingerprint density at radius 1 is 1.59 bits per heavy atom. The second-order valence-electron chi connectivity index (χ2n) is 3.71. The summed E-state index contributed by atoms with van der Waals surface area (Å²) < 4.78 is 4.89. The number of phenols is 1. The van der Waals surface area contributed by atoms with Crippen molar-refractivity contribution in [1.29, 1.82) is 0 Å². The second kappa shape index (κ2) is 6.35. The number of rotatable bonds is 5. The molecule has 0 aliphatic rings. The van der Waals surface area contributed by atoms with E-state index in [1.54, 1.807) is 12.1 Å². The molecule has 1 amide bonds. The van der Waals surface area contributed by atoms with Crippen LogP contribution in [0.3, 0.4) is 0 Å². The largest absolute Gasteiger partial charge is 0.504 e. The monoisotopic (exact) mass is 257 g/mol. The van der Waals surface area contributed by atoms with E-state index in [2.05, 4.69) is 5.32 Å². The van der Waals surface area contributed by atoms with Gasteiger partial charge in [-0.1, -0.05) is 0 Å². The van der Waals surface area contributed by atoms with Gasteiger partial charge in [-0.15, -0.1) is 11.6 Å². The van der Waals surface area contributed by atoms with Crippen LogP contribution in [0, 0.1) is 0 Å². The Kier molecular flexibility index (Phi) is 5.10. The quantitative estimate of drug-likeness (QED) is 0.795. The number of benzene rings is 1. The lowest BCUT2D eigenvalue weighted by molar-refractivity contribution is 0.0953. The SMILES string of the molecule is COc1ccc(C(=O)NCCC(C)Cl)cc1O. The molecule has 0 radical (unpaired) electrons. The molecule has 5 heteroatoms. The van der Waals surface area contributed by atoms with E-state index in [0.717, 1.165) is 0 Å². The molecule has 0 aromatic heterocycles. The van der Waals surface area contributed by atoms with Crippen LogP contribution in [0.4, 0.5) is 0 Å². The molecule has 0 fully saturated rings. The molecule has 94 valence electrons. The van der Waals surface area contributed by atoms with Crippen molar-refractivity contribution in [3.05, 3.63) is 23.8 Å². The van der Waals surface area contributed by atoms with Gasteiger partial charge in [0.2, 0.25) is 0 Å². The van der Waals surface area contributed by atoms with Gasteiger partial charge in [0.25, 0.3) is 5.91 Å². The molecule has 0 saturated carbocycles. The number of hydrogen-bond acceptors (Lipinski definition) is 3. The molecule has 0 heterocycles. The zero-order chi connectivity index (χ0) is 12.8. The van der Waals surface area contributed by atoms with Gasteiger partial charge in [0.05, 0.1) is 7.11 Å². The summed E-state index contributed by atoms with van der Waals surface area (Å²) in [5.74, 6) is 0.0575. The van der Waals surface area contributed by atoms with E-state index in [-0.39, 0.29) is 17.0 Å². The summed E-state index contributed by atoms with van der Waals surface area (Å²) >= 11 is 5.76. The number of carbonyl (C=O) groups is 1. The highest BCUT2D eigenvalue weighted by Crippen LogP contribution is 2.26. The van der Waals surface area contributed by atoms with Gasteiger partial charge >= 0.3 is 0 Å². The summed E-state index contributed by atoms with van der Waals surface area (Å²) in [6, 6.07) is 4.52. The van der Waals surface area contributed by atoms with Crippen molar-refractivity contribution in [1.82, 2.24) is 5.32 Å². The summed E-state index contributed by atoms with van der Waals surface area (Å²) in [7, 11) is 1.46. The maximum Gasteiger partial charge on any atom is 0.251 e. The highest BCUT2D eigenvalue weighted by atomic mass is 35.5. The van der Waals surface area contributed by atoms with Gasteiger partial charge < -0.3 is 15.2 Å². The maximum absolute atomic E-state index is 11.7. The van der Waals surface area contributed by atoms with Crippen LogP contribution < -0.4 is 10.1 Å². The van der Waals surface area contributed by atoms with Crippen LogP contribution in [0.5, 0.6) is 11.5 Å². The molecule has 4 nitrogen and oxygen atoms in total. The summed E-state index contributed by atoms with van der Waals surface area (Å²) in [5.41, 5.74) is 0.394. The van der Waals surface area contributed by atoms with E-state index >= 15 is 0 Å². The molecular weight excluding hydrogens is 242 g/mol. The van der Waals surface area contributed by atoms with Crippen LogP contribution in [-0.2, 0) is 0 Å². The van der Waals surface area contributed by atoms with E-state index in [1.807, 2.05) is 6.92 Å². The van der Waals surface area contributed by atoms with Gasteiger partial charge in [-0.3, -0.25) is 4.79 Å². The third-order valence-electron chi connectivity index (χ3n) is 2.27.